The zero-order valence-electron chi connectivity index (χ0n) is 21.6. The van der Waals surface area contributed by atoms with E-state index in [0.717, 1.165) is 51.6 Å². The Morgan fingerprint density at radius 2 is 2.03 bits per heavy atom. The van der Waals surface area contributed by atoms with Gasteiger partial charge in [0.05, 0.1) is 18.4 Å². The number of nitrogens with one attached hydrogen (secondary N) is 4. The number of nitrogens with two attached hydrogens (primary N) is 1. The van der Waals surface area contributed by atoms with Gasteiger partial charge in [0, 0.05) is 65.0 Å². The third-order valence-electron chi connectivity index (χ3n) is 6.52. The number of nitrogens with zero attached hydrogens (tertiary/aromatic N) is 2. The SMILES string of the molecule is C=C(NC)C(CN(CC)c1ccccc1)NC(=O)c1ccc2[nH]c(C(/C=C\N)=C3/CN=C(C)N3)cc2c1. The summed E-state index contributed by atoms with van der Waals surface area (Å²) >= 11 is 0. The molecular weight excluding hydrogens is 462 g/mol. The van der Waals surface area contributed by atoms with E-state index in [2.05, 4.69) is 56.5 Å². The van der Waals surface area contributed by atoms with Gasteiger partial charge in [0.25, 0.3) is 5.91 Å². The molecular formula is C29H35N7O. The summed E-state index contributed by atoms with van der Waals surface area (Å²) in [5.41, 5.74) is 11.9. The minimum absolute atomic E-state index is 0.155. The molecule has 2 heterocycles. The second kappa shape index (κ2) is 11.5. The number of aromatic amines is 1. The number of carbonyl (C=O) groups excluding carboxylic acids is 1. The first-order chi connectivity index (χ1) is 17.9. The molecule has 6 N–H and O–H groups in total. The molecule has 4 rings (SSSR count). The Labute approximate surface area is 218 Å². The molecule has 37 heavy (non-hydrogen) atoms. The van der Waals surface area contributed by atoms with E-state index in [9.17, 15) is 4.79 Å². The minimum Gasteiger partial charge on any atom is -0.405 e. The summed E-state index contributed by atoms with van der Waals surface area (Å²) in [5, 5.41) is 10.5. The number of fused-ring (bicyclic) bond motifs is 1. The van der Waals surface area contributed by atoms with Gasteiger partial charge in [0.2, 0.25) is 0 Å². The Morgan fingerprint density at radius 3 is 2.68 bits per heavy atom. The fraction of sp³-hybridized carbons (Fsp3) is 0.241. The zero-order valence-corrected chi connectivity index (χ0v) is 21.6. The van der Waals surface area contributed by atoms with E-state index in [1.165, 1.54) is 6.20 Å². The van der Waals surface area contributed by atoms with Crippen molar-refractivity contribution in [1.29, 1.82) is 0 Å². The van der Waals surface area contributed by atoms with Crippen molar-refractivity contribution in [3.05, 3.63) is 96.1 Å². The van der Waals surface area contributed by atoms with E-state index in [-0.39, 0.29) is 11.9 Å². The number of benzene rings is 2. The van der Waals surface area contributed by atoms with Gasteiger partial charge in [0.1, 0.15) is 0 Å². The van der Waals surface area contributed by atoms with Crippen molar-refractivity contribution in [1.82, 2.24) is 20.9 Å². The predicted molar refractivity (Wildman–Crippen MR) is 153 cm³/mol. The van der Waals surface area contributed by atoms with E-state index in [1.807, 2.05) is 62.5 Å². The fourth-order valence-electron chi connectivity index (χ4n) is 4.45. The summed E-state index contributed by atoms with van der Waals surface area (Å²) in [7, 11) is 1.82. The van der Waals surface area contributed by atoms with Gasteiger partial charge in [-0.15, -0.1) is 0 Å². The first-order valence-corrected chi connectivity index (χ1v) is 12.4. The zero-order chi connectivity index (χ0) is 26.4. The topological polar surface area (TPSA) is 111 Å². The number of aliphatic imine (C=N–C) groups is 1. The molecule has 1 aliphatic rings. The van der Waals surface area contributed by atoms with Crippen molar-refractivity contribution >= 4 is 33.9 Å². The summed E-state index contributed by atoms with van der Waals surface area (Å²) in [4.78, 5) is 23.4. The number of hydrogen-bond acceptors (Lipinski definition) is 6. The summed E-state index contributed by atoms with van der Waals surface area (Å²) in [6, 6.07) is 17.6. The van der Waals surface area contributed by atoms with Crippen LogP contribution in [0.2, 0.25) is 0 Å². The molecule has 0 spiro atoms. The molecule has 0 fully saturated rings. The van der Waals surface area contributed by atoms with E-state index in [4.69, 9.17) is 5.73 Å². The van der Waals surface area contributed by atoms with Crippen molar-refractivity contribution in [2.75, 3.05) is 31.6 Å². The van der Waals surface area contributed by atoms with Gasteiger partial charge in [0.15, 0.2) is 0 Å². The maximum atomic E-state index is 13.3. The summed E-state index contributed by atoms with van der Waals surface area (Å²) in [6.07, 6.45) is 3.38. The van der Waals surface area contributed by atoms with Crippen molar-refractivity contribution in [2.24, 2.45) is 10.7 Å². The molecule has 0 saturated heterocycles. The average Bonchev–Trinajstić information content (AvgIpc) is 3.55. The van der Waals surface area contributed by atoms with Gasteiger partial charge in [-0.05, 0) is 62.5 Å². The highest BCUT2D eigenvalue weighted by Gasteiger charge is 2.20. The van der Waals surface area contributed by atoms with Gasteiger partial charge in [-0.25, -0.2) is 0 Å². The Hall–Kier alpha value is -4.46. The van der Waals surface area contributed by atoms with Gasteiger partial charge < -0.3 is 31.6 Å². The van der Waals surface area contributed by atoms with Crippen LogP contribution in [0.5, 0.6) is 0 Å². The second-order valence-corrected chi connectivity index (χ2v) is 8.94. The Morgan fingerprint density at radius 1 is 1.24 bits per heavy atom. The molecule has 0 saturated carbocycles. The van der Waals surface area contributed by atoms with Gasteiger partial charge in [-0.3, -0.25) is 9.79 Å². The third kappa shape index (κ3) is 5.86. The Bertz CT molecular complexity index is 1370. The van der Waals surface area contributed by atoms with Crippen LogP contribution in [0, 0.1) is 0 Å². The number of amidine groups is 1. The lowest BCUT2D eigenvalue weighted by Crippen LogP contribution is -2.47. The monoisotopic (exact) mass is 497 g/mol. The van der Waals surface area contributed by atoms with Crippen LogP contribution in [0.4, 0.5) is 5.69 Å². The highest BCUT2D eigenvalue weighted by atomic mass is 16.1. The lowest BCUT2D eigenvalue weighted by molar-refractivity contribution is 0.0942. The number of anilines is 1. The average molecular weight is 498 g/mol. The molecule has 8 heteroatoms. The number of H-pyrrole nitrogens is 1. The van der Waals surface area contributed by atoms with Gasteiger partial charge in [-0.2, -0.15) is 0 Å². The van der Waals surface area contributed by atoms with Crippen molar-refractivity contribution in [2.45, 2.75) is 19.9 Å². The lowest BCUT2D eigenvalue weighted by atomic mass is 10.1. The molecule has 8 nitrogen and oxygen atoms in total. The standard InChI is InChI=1S/C29H35N7O/c1-5-36(23-9-7-6-8-10-23)18-28(19(2)31-4)35-29(37)21-11-12-25-22(15-21)16-26(34-25)24(13-14-30)27-17-32-20(3)33-27/h6-16,28,31,34H,2,5,17-18,30H2,1,3-4H3,(H,32,33)(H,35,37)/b14-13-,27-24-. The van der Waals surface area contributed by atoms with Crippen LogP contribution in [0.3, 0.4) is 0 Å². The highest BCUT2D eigenvalue weighted by molar-refractivity contribution is 5.99. The molecule has 1 atom stereocenters. The van der Waals surface area contributed by atoms with E-state index in [0.29, 0.717) is 18.7 Å². The van der Waals surface area contributed by atoms with Crippen molar-refractivity contribution < 1.29 is 4.79 Å². The number of carbonyl (C=O) groups is 1. The molecule has 0 aliphatic carbocycles. The number of likely N-dealkylation sites (N-methyl/N-ethyl adjacent to an activating group) is 2. The number of rotatable bonds is 10. The highest BCUT2D eigenvalue weighted by Crippen LogP contribution is 2.26. The smallest absolute Gasteiger partial charge is 0.251 e. The van der Waals surface area contributed by atoms with Crippen LogP contribution in [-0.2, 0) is 0 Å². The number of para-hydroxylation sites is 1. The third-order valence-corrected chi connectivity index (χ3v) is 6.52. The Balaban J connectivity index is 1.56. The first kappa shape index (κ1) is 25.6. The minimum atomic E-state index is -0.280. The van der Waals surface area contributed by atoms with Crippen LogP contribution in [0.1, 0.15) is 29.9 Å². The van der Waals surface area contributed by atoms with Crippen LogP contribution >= 0.6 is 0 Å². The fourth-order valence-corrected chi connectivity index (χ4v) is 4.45. The molecule has 1 aromatic heterocycles. The molecule has 2 aromatic carbocycles. The summed E-state index contributed by atoms with van der Waals surface area (Å²) in [5.74, 6) is 0.719. The molecule has 1 amide bonds. The first-order valence-electron chi connectivity index (χ1n) is 12.4. The number of aromatic nitrogens is 1. The molecule has 0 radical (unpaired) electrons. The predicted octanol–water partition coefficient (Wildman–Crippen LogP) is 3.73. The second-order valence-electron chi connectivity index (χ2n) is 8.94. The summed E-state index contributed by atoms with van der Waals surface area (Å²) < 4.78 is 0. The molecule has 1 aliphatic heterocycles. The lowest BCUT2D eigenvalue weighted by Gasteiger charge is -2.30. The van der Waals surface area contributed by atoms with Crippen LogP contribution < -0.4 is 26.6 Å². The Kier molecular flexibility index (Phi) is 7.98. The normalized spacial score (nSPS) is 15.3. The van der Waals surface area contributed by atoms with E-state index < -0.39 is 0 Å². The molecule has 0 bridgehead atoms. The maximum Gasteiger partial charge on any atom is 0.251 e. The molecule has 1 unspecified atom stereocenters. The van der Waals surface area contributed by atoms with Crippen LogP contribution in [0.15, 0.2) is 89.8 Å². The number of hydrogen-bond donors (Lipinski definition) is 5. The number of amides is 1. The number of allylic oxidation sites excluding steroid dienone is 2. The molecule has 3 aromatic rings. The van der Waals surface area contributed by atoms with Gasteiger partial charge in [-0.1, -0.05) is 24.8 Å². The van der Waals surface area contributed by atoms with Crippen LogP contribution in [0.25, 0.3) is 16.5 Å². The van der Waals surface area contributed by atoms with Crippen molar-refractivity contribution in [3.63, 3.8) is 0 Å². The van der Waals surface area contributed by atoms with E-state index in [1.54, 1.807) is 0 Å². The van der Waals surface area contributed by atoms with Crippen molar-refractivity contribution in [3.8, 4) is 0 Å². The molecule has 192 valence electrons. The van der Waals surface area contributed by atoms with E-state index >= 15 is 0 Å². The maximum absolute atomic E-state index is 13.3. The van der Waals surface area contributed by atoms with Gasteiger partial charge >= 0.3 is 0 Å². The van der Waals surface area contributed by atoms with Crippen LogP contribution in [-0.4, -0.2) is 49.5 Å². The quantitative estimate of drug-likeness (QED) is 0.293. The largest absolute Gasteiger partial charge is 0.405 e. The summed E-state index contributed by atoms with van der Waals surface area (Å²) in [6.45, 7) is 10.1.